The van der Waals surface area contributed by atoms with Crippen LogP contribution in [-0.4, -0.2) is 29.8 Å². The van der Waals surface area contributed by atoms with Crippen LogP contribution in [0.4, 0.5) is 10.1 Å². The minimum absolute atomic E-state index is 0.147. The average molecular weight is 279 g/mol. The van der Waals surface area contributed by atoms with Gasteiger partial charge in [0.05, 0.1) is 5.56 Å². The number of amides is 2. The molecule has 1 aliphatic rings. The van der Waals surface area contributed by atoms with Crippen LogP contribution < -0.4 is 11.5 Å². The third kappa shape index (κ3) is 3.26. The normalized spacial score (nSPS) is 16.1. The summed E-state index contributed by atoms with van der Waals surface area (Å²) in [4.78, 5) is 24.8. The molecule has 2 rings (SSSR count). The number of halogens is 1. The largest absolute Gasteiger partial charge is 0.398 e. The van der Waals surface area contributed by atoms with Crippen molar-refractivity contribution in [2.24, 2.45) is 11.7 Å². The van der Waals surface area contributed by atoms with Crippen LogP contribution in [0.15, 0.2) is 18.2 Å². The minimum Gasteiger partial charge on any atom is -0.398 e. The Morgan fingerprint density at radius 2 is 1.95 bits per heavy atom. The summed E-state index contributed by atoms with van der Waals surface area (Å²) in [5.41, 5.74) is 11.3. The predicted octanol–water partition coefficient (Wildman–Crippen LogP) is 1.14. The van der Waals surface area contributed by atoms with E-state index in [1.807, 2.05) is 0 Å². The van der Waals surface area contributed by atoms with Crippen LogP contribution in [0.5, 0.6) is 0 Å². The molecule has 6 heteroatoms. The number of nitrogens with two attached hydrogens (primary N) is 2. The highest BCUT2D eigenvalue weighted by molar-refractivity contribution is 5.99. The number of anilines is 1. The second-order valence-electron chi connectivity index (χ2n) is 5.14. The van der Waals surface area contributed by atoms with Crippen molar-refractivity contribution in [2.45, 2.75) is 19.3 Å². The van der Waals surface area contributed by atoms with Gasteiger partial charge in [-0.15, -0.1) is 0 Å². The van der Waals surface area contributed by atoms with Crippen LogP contribution in [0.3, 0.4) is 0 Å². The van der Waals surface area contributed by atoms with Crippen molar-refractivity contribution in [3.63, 3.8) is 0 Å². The van der Waals surface area contributed by atoms with Gasteiger partial charge in [0.25, 0.3) is 5.91 Å². The van der Waals surface area contributed by atoms with Gasteiger partial charge in [0.2, 0.25) is 5.91 Å². The molecule has 108 valence electrons. The highest BCUT2D eigenvalue weighted by Gasteiger charge is 2.25. The number of nitrogens with zero attached hydrogens (tertiary/aromatic N) is 1. The van der Waals surface area contributed by atoms with Gasteiger partial charge in [-0.2, -0.15) is 0 Å². The molecule has 20 heavy (non-hydrogen) atoms. The van der Waals surface area contributed by atoms with E-state index in [9.17, 15) is 14.0 Å². The molecule has 4 N–H and O–H groups in total. The molecule has 0 aliphatic carbocycles. The van der Waals surface area contributed by atoms with Gasteiger partial charge in [-0.3, -0.25) is 9.59 Å². The van der Waals surface area contributed by atoms with E-state index in [-0.39, 0.29) is 23.4 Å². The molecule has 0 atom stereocenters. The summed E-state index contributed by atoms with van der Waals surface area (Å²) in [6.07, 6.45) is 1.85. The number of primary amides is 1. The molecule has 5 nitrogen and oxygen atoms in total. The summed E-state index contributed by atoms with van der Waals surface area (Å²) in [5, 5.41) is 0. The van der Waals surface area contributed by atoms with Gasteiger partial charge >= 0.3 is 0 Å². The van der Waals surface area contributed by atoms with Crippen LogP contribution in [0, 0.1) is 11.7 Å². The molecule has 0 spiro atoms. The van der Waals surface area contributed by atoms with Gasteiger partial charge < -0.3 is 16.4 Å². The first-order chi connectivity index (χ1) is 9.47. The Hall–Kier alpha value is -2.11. The smallest absolute Gasteiger partial charge is 0.255 e. The first kappa shape index (κ1) is 14.3. The van der Waals surface area contributed by atoms with Gasteiger partial charge in [0, 0.05) is 25.2 Å². The highest BCUT2D eigenvalue weighted by Crippen LogP contribution is 2.23. The zero-order chi connectivity index (χ0) is 14.7. The second-order valence-corrected chi connectivity index (χ2v) is 5.14. The molecule has 1 fully saturated rings. The molecule has 1 aliphatic heterocycles. The quantitative estimate of drug-likeness (QED) is 0.813. The van der Waals surface area contributed by atoms with E-state index in [0.717, 1.165) is 18.9 Å². The standard InChI is InChI=1S/C14H18FN3O2/c15-10-1-2-11(12(16)8-10)14(20)18-5-3-9(4-6-18)7-13(17)19/h1-2,8-9H,3-7,16H2,(H2,17,19). The second kappa shape index (κ2) is 5.90. The summed E-state index contributed by atoms with van der Waals surface area (Å²) >= 11 is 0. The Kier molecular flexibility index (Phi) is 4.22. The Labute approximate surface area is 116 Å². The summed E-state index contributed by atoms with van der Waals surface area (Å²) in [6.45, 7) is 1.13. The van der Waals surface area contributed by atoms with E-state index in [1.54, 1.807) is 4.90 Å². The Balaban J connectivity index is 1.99. The topological polar surface area (TPSA) is 89.4 Å². The number of piperidine rings is 1. The fourth-order valence-electron chi connectivity index (χ4n) is 2.52. The third-order valence-corrected chi connectivity index (χ3v) is 3.64. The number of benzene rings is 1. The van der Waals surface area contributed by atoms with E-state index in [0.29, 0.717) is 25.1 Å². The van der Waals surface area contributed by atoms with E-state index >= 15 is 0 Å². The van der Waals surface area contributed by atoms with E-state index < -0.39 is 5.82 Å². The molecule has 1 heterocycles. The van der Waals surface area contributed by atoms with E-state index in [4.69, 9.17) is 11.5 Å². The van der Waals surface area contributed by atoms with Crippen LogP contribution in [0.2, 0.25) is 0 Å². The Morgan fingerprint density at radius 1 is 1.30 bits per heavy atom. The number of likely N-dealkylation sites (tertiary alicyclic amines) is 1. The minimum atomic E-state index is -0.459. The fourth-order valence-corrected chi connectivity index (χ4v) is 2.52. The molecule has 2 amide bonds. The average Bonchev–Trinajstić information content (AvgIpc) is 2.38. The Bertz CT molecular complexity index is 525. The lowest BCUT2D eigenvalue weighted by Gasteiger charge is -2.31. The van der Waals surface area contributed by atoms with Crippen molar-refractivity contribution in [3.8, 4) is 0 Å². The van der Waals surface area contributed by atoms with Gasteiger partial charge in [-0.1, -0.05) is 0 Å². The maximum Gasteiger partial charge on any atom is 0.255 e. The lowest BCUT2D eigenvalue weighted by molar-refractivity contribution is -0.119. The molecular formula is C14H18FN3O2. The van der Waals surface area contributed by atoms with Crippen molar-refractivity contribution in [1.29, 1.82) is 0 Å². The number of nitrogen functional groups attached to an aromatic ring is 1. The van der Waals surface area contributed by atoms with E-state index in [1.165, 1.54) is 12.1 Å². The van der Waals surface area contributed by atoms with Crippen molar-refractivity contribution >= 4 is 17.5 Å². The Morgan fingerprint density at radius 3 is 2.50 bits per heavy atom. The SMILES string of the molecule is NC(=O)CC1CCN(C(=O)c2ccc(F)cc2N)CC1. The number of hydrogen-bond donors (Lipinski definition) is 2. The van der Waals surface area contributed by atoms with Gasteiger partial charge in [-0.05, 0) is 37.0 Å². The molecule has 0 saturated carbocycles. The van der Waals surface area contributed by atoms with Gasteiger partial charge in [0.15, 0.2) is 0 Å². The van der Waals surface area contributed by atoms with Crippen molar-refractivity contribution in [2.75, 3.05) is 18.8 Å². The van der Waals surface area contributed by atoms with Crippen LogP contribution >= 0.6 is 0 Å². The maximum atomic E-state index is 13.0. The summed E-state index contributed by atoms with van der Waals surface area (Å²) in [6, 6.07) is 3.78. The molecule has 0 unspecified atom stereocenters. The molecule has 0 aromatic heterocycles. The fraction of sp³-hybridized carbons (Fsp3) is 0.429. The molecule has 1 aromatic rings. The lowest BCUT2D eigenvalue weighted by atomic mass is 9.93. The van der Waals surface area contributed by atoms with Crippen LogP contribution in [0.25, 0.3) is 0 Å². The predicted molar refractivity (Wildman–Crippen MR) is 73.3 cm³/mol. The highest BCUT2D eigenvalue weighted by atomic mass is 19.1. The summed E-state index contributed by atoms with van der Waals surface area (Å²) < 4.78 is 13.0. The first-order valence-electron chi connectivity index (χ1n) is 6.60. The maximum absolute atomic E-state index is 13.0. The molecular weight excluding hydrogens is 261 g/mol. The van der Waals surface area contributed by atoms with Crippen LogP contribution in [-0.2, 0) is 4.79 Å². The van der Waals surface area contributed by atoms with Crippen LogP contribution in [0.1, 0.15) is 29.6 Å². The number of carbonyl (C=O) groups is 2. The van der Waals surface area contributed by atoms with E-state index in [2.05, 4.69) is 0 Å². The van der Waals surface area contributed by atoms with Crippen molar-refractivity contribution in [1.82, 2.24) is 4.90 Å². The molecule has 1 aromatic carbocycles. The number of rotatable bonds is 3. The summed E-state index contributed by atoms with van der Waals surface area (Å²) in [7, 11) is 0. The summed E-state index contributed by atoms with van der Waals surface area (Å²) in [5.74, 6) is -0.723. The molecule has 0 bridgehead atoms. The zero-order valence-electron chi connectivity index (χ0n) is 11.1. The zero-order valence-corrected chi connectivity index (χ0v) is 11.1. The molecule has 0 radical (unpaired) electrons. The number of hydrogen-bond acceptors (Lipinski definition) is 3. The number of carbonyl (C=O) groups excluding carboxylic acids is 2. The van der Waals surface area contributed by atoms with Gasteiger partial charge in [-0.25, -0.2) is 4.39 Å². The van der Waals surface area contributed by atoms with Crippen molar-refractivity contribution < 1.29 is 14.0 Å². The monoisotopic (exact) mass is 279 g/mol. The van der Waals surface area contributed by atoms with Crippen molar-refractivity contribution in [3.05, 3.63) is 29.6 Å². The van der Waals surface area contributed by atoms with Gasteiger partial charge in [0.1, 0.15) is 5.82 Å². The lowest BCUT2D eigenvalue weighted by Crippen LogP contribution is -2.39. The molecule has 1 saturated heterocycles. The first-order valence-corrected chi connectivity index (χ1v) is 6.60. The third-order valence-electron chi connectivity index (χ3n) is 3.64.